The molecule has 1 fully saturated rings. The third kappa shape index (κ3) is 3.78. The lowest BCUT2D eigenvalue weighted by molar-refractivity contribution is -0.105. The Morgan fingerprint density at radius 2 is 2.27 bits per heavy atom. The summed E-state index contributed by atoms with van der Waals surface area (Å²) in [5.74, 6) is 0. The Kier molecular flexibility index (Phi) is 6.21. The molecule has 122 valence electrons. The Labute approximate surface area is 133 Å². The Hall–Kier alpha value is -1.59. The predicted molar refractivity (Wildman–Crippen MR) is 90.2 cm³/mol. The number of benzene rings is 1. The summed E-state index contributed by atoms with van der Waals surface area (Å²) in [6, 6.07) is 4.18. The van der Waals surface area contributed by atoms with Gasteiger partial charge >= 0.3 is 0 Å². The summed E-state index contributed by atoms with van der Waals surface area (Å²) in [6.45, 7) is 9.45. The standard InChI is InChI=1S/C17H27N3O2/c1-4-20(17-7-6-8-18-17)16-10-14(11-22-5-2)9-15(13(16)3)19-12-21/h9-10,12,17-18H,4-8,11H2,1-3H3,(H,19,21). The molecular weight excluding hydrogens is 278 g/mol. The highest BCUT2D eigenvalue weighted by Crippen LogP contribution is 2.31. The largest absolute Gasteiger partial charge is 0.377 e. The Morgan fingerprint density at radius 3 is 2.86 bits per heavy atom. The van der Waals surface area contributed by atoms with Crippen molar-refractivity contribution in [1.29, 1.82) is 0 Å². The van der Waals surface area contributed by atoms with Crippen LogP contribution >= 0.6 is 0 Å². The van der Waals surface area contributed by atoms with Gasteiger partial charge in [0, 0.05) is 24.5 Å². The predicted octanol–water partition coefficient (Wildman–Crippen LogP) is 2.64. The van der Waals surface area contributed by atoms with Gasteiger partial charge in [-0.15, -0.1) is 0 Å². The minimum absolute atomic E-state index is 0.370. The van der Waals surface area contributed by atoms with Crippen molar-refractivity contribution >= 4 is 17.8 Å². The van der Waals surface area contributed by atoms with Crippen LogP contribution < -0.4 is 15.5 Å². The summed E-state index contributed by atoms with van der Waals surface area (Å²) >= 11 is 0. The second-order valence-electron chi connectivity index (χ2n) is 5.58. The van der Waals surface area contributed by atoms with Crippen LogP contribution in [0, 0.1) is 6.92 Å². The number of hydrogen-bond acceptors (Lipinski definition) is 4. The molecule has 0 aromatic heterocycles. The van der Waals surface area contributed by atoms with Crippen molar-refractivity contribution in [2.75, 3.05) is 29.9 Å². The van der Waals surface area contributed by atoms with E-state index in [1.165, 1.54) is 12.1 Å². The lowest BCUT2D eigenvalue weighted by Gasteiger charge is -2.32. The third-order valence-electron chi connectivity index (χ3n) is 4.19. The molecule has 1 atom stereocenters. The fourth-order valence-corrected chi connectivity index (χ4v) is 3.06. The number of ether oxygens (including phenoxy) is 1. The van der Waals surface area contributed by atoms with Crippen LogP contribution in [0.2, 0.25) is 0 Å². The van der Waals surface area contributed by atoms with Gasteiger partial charge in [-0.1, -0.05) is 0 Å². The first-order chi connectivity index (χ1) is 10.7. The van der Waals surface area contributed by atoms with E-state index in [0.717, 1.165) is 42.7 Å². The molecule has 0 bridgehead atoms. The molecule has 0 saturated carbocycles. The molecule has 0 aliphatic carbocycles. The molecule has 1 saturated heterocycles. The first-order valence-electron chi connectivity index (χ1n) is 8.12. The maximum Gasteiger partial charge on any atom is 0.211 e. The first-order valence-corrected chi connectivity index (χ1v) is 8.12. The van der Waals surface area contributed by atoms with Gasteiger partial charge in [-0.05, 0) is 63.4 Å². The quantitative estimate of drug-likeness (QED) is 0.725. The van der Waals surface area contributed by atoms with E-state index in [9.17, 15) is 4.79 Å². The second-order valence-corrected chi connectivity index (χ2v) is 5.58. The van der Waals surface area contributed by atoms with Gasteiger partial charge in [0.2, 0.25) is 6.41 Å². The monoisotopic (exact) mass is 305 g/mol. The fourth-order valence-electron chi connectivity index (χ4n) is 3.06. The zero-order valence-corrected chi connectivity index (χ0v) is 13.8. The van der Waals surface area contributed by atoms with Gasteiger partial charge in [-0.25, -0.2) is 0 Å². The molecule has 1 amide bonds. The molecule has 0 spiro atoms. The van der Waals surface area contributed by atoms with E-state index in [4.69, 9.17) is 4.74 Å². The van der Waals surface area contributed by atoms with Gasteiger partial charge in [-0.2, -0.15) is 0 Å². The van der Waals surface area contributed by atoms with Crippen LogP contribution in [0.1, 0.15) is 37.8 Å². The fraction of sp³-hybridized carbons (Fsp3) is 0.588. The highest BCUT2D eigenvalue weighted by Gasteiger charge is 2.23. The van der Waals surface area contributed by atoms with Gasteiger partial charge in [0.25, 0.3) is 0 Å². The van der Waals surface area contributed by atoms with Gasteiger partial charge in [0.15, 0.2) is 0 Å². The van der Waals surface area contributed by atoms with Crippen LogP contribution in [0.5, 0.6) is 0 Å². The Morgan fingerprint density at radius 1 is 1.45 bits per heavy atom. The Balaban J connectivity index is 2.37. The van der Waals surface area contributed by atoms with E-state index in [1.807, 2.05) is 13.0 Å². The summed E-state index contributed by atoms with van der Waals surface area (Å²) in [4.78, 5) is 13.3. The van der Waals surface area contributed by atoms with Gasteiger partial charge < -0.3 is 15.0 Å². The van der Waals surface area contributed by atoms with Crippen molar-refractivity contribution in [3.8, 4) is 0 Å². The van der Waals surface area contributed by atoms with Crippen molar-refractivity contribution in [2.24, 2.45) is 0 Å². The highest BCUT2D eigenvalue weighted by atomic mass is 16.5. The van der Waals surface area contributed by atoms with E-state index in [0.29, 0.717) is 19.4 Å². The molecule has 1 aliphatic heterocycles. The molecule has 2 rings (SSSR count). The van der Waals surface area contributed by atoms with E-state index in [1.54, 1.807) is 0 Å². The molecule has 1 aromatic carbocycles. The first kappa shape index (κ1) is 16.8. The summed E-state index contributed by atoms with van der Waals surface area (Å²) in [6.07, 6.45) is 3.47. The molecule has 5 heteroatoms. The van der Waals surface area contributed by atoms with Crippen molar-refractivity contribution in [1.82, 2.24) is 5.32 Å². The summed E-state index contributed by atoms with van der Waals surface area (Å²) in [5.41, 5.74) is 4.22. The number of nitrogens with one attached hydrogen (secondary N) is 2. The van der Waals surface area contributed by atoms with Crippen molar-refractivity contribution in [2.45, 2.75) is 46.4 Å². The number of carbonyl (C=O) groups excluding carboxylic acids is 1. The number of anilines is 2. The van der Waals surface area contributed by atoms with Crippen LogP contribution in [0.4, 0.5) is 11.4 Å². The maximum absolute atomic E-state index is 10.9. The minimum Gasteiger partial charge on any atom is -0.377 e. The number of hydrogen-bond donors (Lipinski definition) is 2. The number of carbonyl (C=O) groups is 1. The van der Waals surface area contributed by atoms with E-state index in [-0.39, 0.29) is 0 Å². The number of rotatable bonds is 8. The van der Waals surface area contributed by atoms with Crippen molar-refractivity contribution in [3.05, 3.63) is 23.3 Å². The lowest BCUT2D eigenvalue weighted by atomic mass is 10.1. The molecule has 22 heavy (non-hydrogen) atoms. The van der Waals surface area contributed by atoms with E-state index < -0.39 is 0 Å². The second kappa shape index (κ2) is 8.15. The summed E-state index contributed by atoms with van der Waals surface area (Å²) < 4.78 is 5.54. The van der Waals surface area contributed by atoms with Crippen LogP contribution in [-0.2, 0) is 16.1 Å². The molecule has 1 heterocycles. The zero-order chi connectivity index (χ0) is 15.9. The van der Waals surface area contributed by atoms with Crippen LogP contribution in [0.15, 0.2) is 12.1 Å². The van der Waals surface area contributed by atoms with E-state index in [2.05, 4.69) is 35.4 Å². The molecule has 5 nitrogen and oxygen atoms in total. The zero-order valence-electron chi connectivity index (χ0n) is 13.8. The number of nitrogens with zero attached hydrogens (tertiary/aromatic N) is 1. The lowest BCUT2D eigenvalue weighted by Crippen LogP contribution is -2.42. The van der Waals surface area contributed by atoms with Crippen LogP contribution in [-0.4, -0.2) is 32.3 Å². The van der Waals surface area contributed by atoms with Crippen LogP contribution in [0.25, 0.3) is 0 Å². The molecule has 1 unspecified atom stereocenters. The highest BCUT2D eigenvalue weighted by molar-refractivity contribution is 5.78. The Bertz CT molecular complexity index is 499. The number of amides is 1. The van der Waals surface area contributed by atoms with Crippen LogP contribution in [0.3, 0.4) is 0 Å². The van der Waals surface area contributed by atoms with E-state index >= 15 is 0 Å². The molecule has 1 aliphatic rings. The minimum atomic E-state index is 0.370. The SMILES string of the molecule is CCOCc1cc(NC=O)c(C)c(N(CC)C2CCCN2)c1. The molecule has 1 aromatic rings. The average Bonchev–Trinajstić information content (AvgIpc) is 3.04. The van der Waals surface area contributed by atoms with Gasteiger partial charge in [0.05, 0.1) is 12.8 Å². The van der Waals surface area contributed by atoms with Gasteiger partial charge in [-0.3, -0.25) is 10.1 Å². The molecule has 2 N–H and O–H groups in total. The summed E-state index contributed by atoms with van der Waals surface area (Å²) in [7, 11) is 0. The molecular formula is C17H27N3O2. The van der Waals surface area contributed by atoms with Crippen molar-refractivity contribution < 1.29 is 9.53 Å². The normalized spacial score (nSPS) is 17.5. The third-order valence-corrected chi connectivity index (χ3v) is 4.19. The van der Waals surface area contributed by atoms with Crippen molar-refractivity contribution in [3.63, 3.8) is 0 Å². The summed E-state index contributed by atoms with van der Waals surface area (Å²) in [5, 5.41) is 6.37. The molecule has 0 radical (unpaired) electrons. The maximum atomic E-state index is 10.9. The topological polar surface area (TPSA) is 53.6 Å². The smallest absolute Gasteiger partial charge is 0.211 e. The average molecular weight is 305 g/mol. The van der Waals surface area contributed by atoms with Gasteiger partial charge in [0.1, 0.15) is 0 Å².